The van der Waals surface area contributed by atoms with Gasteiger partial charge in [-0.15, -0.1) is 0 Å². The molecule has 0 amide bonds. The van der Waals surface area contributed by atoms with Crippen LogP contribution in [0.5, 0.6) is 0 Å². The molecular weight excluding hydrogens is 709 g/mol. The molecule has 9 heteroatoms. The Morgan fingerprint density at radius 2 is 1.00 bits per heavy atom. The number of carbonyl (C=O) groups excluding carboxylic acids is 1. The monoisotopic (exact) mass is 800 g/mol. The molecule has 0 fully saturated rings. The van der Waals surface area contributed by atoms with Gasteiger partial charge in [-0.2, -0.15) is 0 Å². The first kappa shape index (κ1) is 54.0. The van der Waals surface area contributed by atoms with Crippen molar-refractivity contribution in [3.63, 3.8) is 0 Å². The average molecular weight is 800 g/mol. The summed E-state index contributed by atoms with van der Waals surface area (Å²) in [7, 11) is 1.36. The number of hydrogen-bond donors (Lipinski definition) is 0. The van der Waals surface area contributed by atoms with Gasteiger partial charge in [0.25, 0.3) is 7.82 Å². The Hall–Kier alpha value is -1.02. The first-order chi connectivity index (χ1) is 26.6. The van der Waals surface area contributed by atoms with Gasteiger partial charge in [0.2, 0.25) is 0 Å². The van der Waals surface area contributed by atoms with Gasteiger partial charge in [0, 0.05) is 13.0 Å². The number of hydrogen-bond acceptors (Lipinski definition) is 7. The number of ether oxygens (including phenoxy) is 2. The molecule has 55 heavy (non-hydrogen) atoms. The van der Waals surface area contributed by atoms with E-state index in [9.17, 15) is 14.3 Å². The number of nitrogens with zero attached hydrogens (tertiary/aromatic N) is 1. The highest BCUT2D eigenvalue weighted by Gasteiger charge is 2.20. The zero-order chi connectivity index (χ0) is 40.6. The van der Waals surface area contributed by atoms with Gasteiger partial charge in [0.1, 0.15) is 19.3 Å². The Bertz CT molecular complexity index is 936. The van der Waals surface area contributed by atoms with Gasteiger partial charge in [-0.05, 0) is 44.9 Å². The average Bonchev–Trinajstić information content (AvgIpc) is 3.13. The van der Waals surface area contributed by atoms with Gasteiger partial charge >= 0.3 is 5.97 Å². The Kier molecular flexibility index (Phi) is 39.1. The van der Waals surface area contributed by atoms with Gasteiger partial charge in [0.15, 0.2) is 0 Å². The van der Waals surface area contributed by atoms with Crippen molar-refractivity contribution in [3.05, 3.63) is 24.3 Å². The predicted molar refractivity (Wildman–Crippen MR) is 231 cm³/mol. The summed E-state index contributed by atoms with van der Waals surface area (Å²) in [6.07, 6.45) is 44.7. The number of quaternary nitrogens is 1. The van der Waals surface area contributed by atoms with Crippen LogP contribution < -0.4 is 4.89 Å². The molecule has 2 unspecified atom stereocenters. The van der Waals surface area contributed by atoms with Crippen molar-refractivity contribution < 1.29 is 37.3 Å². The van der Waals surface area contributed by atoms with E-state index in [1.165, 1.54) is 141 Å². The molecule has 2 atom stereocenters. The fraction of sp³-hybridized carbons (Fsp3) is 0.891. The molecule has 0 rings (SSSR count). The molecule has 0 aliphatic heterocycles. The minimum atomic E-state index is -4.52. The lowest BCUT2D eigenvalue weighted by atomic mass is 10.0. The zero-order valence-electron chi connectivity index (χ0n) is 36.9. The van der Waals surface area contributed by atoms with E-state index in [2.05, 4.69) is 38.2 Å². The fourth-order valence-electron chi connectivity index (χ4n) is 6.40. The summed E-state index contributed by atoms with van der Waals surface area (Å²) < 4.78 is 34.6. The SMILES string of the molecule is CCCCC/C=C\C/C=C\CCCCCCCCCC(=O)OC(COCCCCCCCCCCCCCCCCCC)COP(=O)([O-])OCC[N+](C)(C)C. The second kappa shape index (κ2) is 39.8. The molecule has 0 heterocycles. The first-order valence-electron chi connectivity index (χ1n) is 23.1. The molecule has 0 N–H and O–H groups in total. The van der Waals surface area contributed by atoms with E-state index < -0.39 is 13.9 Å². The van der Waals surface area contributed by atoms with Gasteiger partial charge in [-0.25, -0.2) is 0 Å². The minimum Gasteiger partial charge on any atom is -0.756 e. The Morgan fingerprint density at radius 1 is 0.564 bits per heavy atom. The molecule has 0 aromatic rings. The van der Waals surface area contributed by atoms with E-state index in [0.717, 1.165) is 44.9 Å². The quantitative estimate of drug-likeness (QED) is 0.0199. The van der Waals surface area contributed by atoms with Crippen molar-refractivity contribution in [1.82, 2.24) is 0 Å². The molecule has 8 nitrogen and oxygen atoms in total. The lowest BCUT2D eigenvalue weighted by Gasteiger charge is -2.28. The third-order valence-corrected chi connectivity index (χ3v) is 11.0. The normalized spacial score (nSPS) is 13.9. The lowest BCUT2D eigenvalue weighted by Crippen LogP contribution is -2.37. The number of phosphoric ester groups is 1. The van der Waals surface area contributed by atoms with Crippen molar-refractivity contribution in [2.24, 2.45) is 0 Å². The maximum absolute atomic E-state index is 12.7. The van der Waals surface area contributed by atoms with Crippen LogP contribution in [-0.4, -0.2) is 70.7 Å². The van der Waals surface area contributed by atoms with Gasteiger partial charge in [0.05, 0.1) is 34.4 Å². The van der Waals surface area contributed by atoms with Gasteiger partial charge < -0.3 is 27.9 Å². The summed E-state index contributed by atoms with van der Waals surface area (Å²) in [5.74, 6) is -0.339. The highest BCUT2D eigenvalue weighted by molar-refractivity contribution is 7.45. The molecule has 0 aromatic heterocycles. The summed E-state index contributed by atoms with van der Waals surface area (Å²) in [6, 6.07) is 0. The molecule has 0 aliphatic rings. The van der Waals surface area contributed by atoms with Crippen LogP contribution in [0.2, 0.25) is 0 Å². The molecule has 0 radical (unpaired) electrons. The second-order valence-electron chi connectivity index (χ2n) is 16.8. The number of phosphoric acid groups is 1. The molecule has 326 valence electrons. The summed E-state index contributed by atoms with van der Waals surface area (Å²) in [4.78, 5) is 25.1. The Morgan fingerprint density at radius 3 is 1.51 bits per heavy atom. The van der Waals surface area contributed by atoms with Gasteiger partial charge in [-0.3, -0.25) is 9.36 Å². The van der Waals surface area contributed by atoms with Crippen LogP contribution >= 0.6 is 7.82 Å². The minimum absolute atomic E-state index is 0.0264. The molecule has 0 aromatic carbocycles. The third-order valence-electron chi connectivity index (χ3n) is 10.0. The molecule has 0 saturated heterocycles. The van der Waals surface area contributed by atoms with Crippen LogP contribution in [0, 0.1) is 0 Å². The molecule has 0 spiro atoms. The van der Waals surface area contributed by atoms with Crippen LogP contribution in [0.3, 0.4) is 0 Å². The molecular formula is C46H90NO7P. The van der Waals surface area contributed by atoms with Crippen LogP contribution in [0.4, 0.5) is 0 Å². The Balaban J connectivity index is 4.20. The summed E-state index contributed by atoms with van der Waals surface area (Å²) in [6.45, 7) is 5.41. The highest BCUT2D eigenvalue weighted by Crippen LogP contribution is 2.38. The number of unbranched alkanes of at least 4 members (excludes halogenated alkanes) is 25. The van der Waals surface area contributed by atoms with Crippen molar-refractivity contribution in [3.8, 4) is 0 Å². The summed E-state index contributed by atoms with van der Waals surface area (Å²) in [5.41, 5.74) is 0. The lowest BCUT2D eigenvalue weighted by molar-refractivity contribution is -0.870. The van der Waals surface area contributed by atoms with E-state index in [1.54, 1.807) is 0 Å². The topological polar surface area (TPSA) is 94.1 Å². The number of carbonyl (C=O) groups is 1. The van der Waals surface area contributed by atoms with E-state index in [0.29, 0.717) is 24.1 Å². The summed E-state index contributed by atoms with van der Waals surface area (Å²) in [5, 5.41) is 0. The smallest absolute Gasteiger partial charge is 0.306 e. The van der Waals surface area contributed by atoms with Crippen molar-refractivity contribution in [2.75, 3.05) is 54.1 Å². The second-order valence-corrected chi connectivity index (χ2v) is 18.2. The maximum Gasteiger partial charge on any atom is 0.306 e. The largest absolute Gasteiger partial charge is 0.756 e. The zero-order valence-corrected chi connectivity index (χ0v) is 37.8. The van der Waals surface area contributed by atoms with Crippen LogP contribution in [-0.2, 0) is 27.9 Å². The van der Waals surface area contributed by atoms with Crippen LogP contribution in [0.1, 0.15) is 206 Å². The van der Waals surface area contributed by atoms with Gasteiger partial charge in [-0.1, -0.05) is 179 Å². The number of likely N-dealkylation sites (N-methyl/N-ethyl adjacent to an activating group) is 1. The number of rotatable bonds is 43. The van der Waals surface area contributed by atoms with E-state index in [-0.39, 0.29) is 25.8 Å². The van der Waals surface area contributed by atoms with Crippen molar-refractivity contribution in [2.45, 2.75) is 213 Å². The Labute approximate surface area is 341 Å². The number of allylic oxidation sites excluding steroid dienone is 4. The molecule has 0 aliphatic carbocycles. The summed E-state index contributed by atoms with van der Waals surface area (Å²) >= 11 is 0. The van der Waals surface area contributed by atoms with Crippen molar-refractivity contribution >= 4 is 13.8 Å². The van der Waals surface area contributed by atoms with Crippen LogP contribution in [0.25, 0.3) is 0 Å². The molecule has 0 bridgehead atoms. The highest BCUT2D eigenvalue weighted by atomic mass is 31.2. The third kappa shape index (κ3) is 43.9. The van der Waals surface area contributed by atoms with E-state index >= 15 is 0 Å². The van der Waals surface area contributed by atoms with Crippen LogP contribution in [0.15, 0.2) is 24.3 Å². The van der Waals surface area contributed by atoms with E-state index in [4.69, 9.17) is 18.5 Å². The predicted octanol–water partition coefficient (Wildman–Crippen LogP) is 13.0. The maximum atomic E-state index is 12.7. The fourth-order valence-corrected chi connectivity index (χ4v) is 7.13. The number of esters is 1. The van der Waals surface area contributed by atoms with Crippen molar-refractivity contribution in [1.29, 1.82) is 0 Å². The van der Waals surface area contributed by atoms with E-state index in [1.807, 2.05) is 21.1 Å². The standard InChI is InChI=1S/C46H90NO7P/c1-6-8-10-12-14-16-18-20-22-24-25-27-29-31-33-35-37-39-46(48)54-45(44-53-55(49,50)52-42-40-47(3,4)5)43-51-41-38-36-34-32-30-28-26-23-21-19-17-15-13-11-9-7-2/h14,16,20,22,45H,6-13,15,17-19,21,23-44H2,1-5H3/b16-14-,22-20-. The molecule has 0 saturated carbocycles. The first-order valence-corrected chi connectivity index (χ1v) is 24.5.